The Labute approximate surface area is 118 Å². The van der Waals surface area contributed by atoms with Gasteiger partial charge in [-0.2, -0.15) is 0 Å². The molecule has 0 radical (unpaired) electrons. The van der Waals surface area contributed by atoms with Crippen molar-refractivity contribution in [2.24, 2.45) is 0 Å². The summed E-state index contributed by atoms with van der Waals surface area (Å²) in [7, 11) is 0. The summed E-state index contributed by atoms with van der Waals surface area (Å²) >= 11 is 5.86. The molecule has 0 bridgehead atoms. The number of amides is 1. The van der Waals surface area contributed by atoms with Crippen molar-refractivity contribution in [2.75, 3.05) is 6.54 Å². The molecule has 0 atom stereocenters. The maximum Gasteiger partial charge on any atom is 0.251 e. The molecular weight excluding hydrogens is 258 g/mol. The molecule has 0 aliphatic heterocycles. The minimum Gasteiger partial charge on any atom is -0.352 e. The highest BCUT2D eigenvalue weighted by Crippen LogP contribution is 2.21. The second-order valence-corrected chi connectivity index (χ2v) is 4.78. The SMILES string of the molecule is CCCNC(=O)c1ccc(-c2ccc(Cl)cc2)cc1. The number of hydrogen-bond acceptors (Lipinski definition) is 1. The molecule has 3 heteroatoms. The maximum absolute atomic E-state index is 11.8. The van der Waals surface area contributed by atoms with E-state index < -0.39 is 0 Å². The van der Waals surface area contributed by atoms with Crippen LogP contribution in [0.2, 0.25) is 5.02 Å². The van der Waals surface area contributed by atoms with Crippen LogP contribution in [-0.4, -0.2) is 12.5 Å². The molecular formula is C16H16ClNO. The third-order valence-corrected chi connectivity index (χ3v) is 3.11. The van der Waals surface area contributed by atoms with E-state index in [1.165, 1.54) is 0 Å². The molecule has 2 aromatic carbocycles. The van der Waals surface area contributed by atoms with Crippen LogP contribution in [0.25, 0.3) is 11.1 Å². The topological polar surface area (TPSA) is 29.1 Å². The Bertz CT molecular complexity index is 546. The van der Waals surface area contributed by atoms with Gasteiger partial charge in [-0.1, -0.05) is 42.8 Å². The largest absolute Gasteiger partial charge is 0.352 e. The number of nitrogens with one attached hydrogen (secondary N) is 1. The Morgan fingerprint density at radius 1 is 1.00 bits per heavy atom. The minimum absolute atomic E-state index is 0.0236. The number of hydrogen-bond donors (Lipinski definition) is 1. The Kier molecular flexibility index (Phi) is 4.58. The molecule has 0 spiro atoms. The van der Waals surface area contributed by atoms with E-state index in [2.05, 4.69) is 5.32 Å². The van der Waals surface area contributed by atoms with Crippen molar-refractivity contribution in [3.63, 3.8) is 0 Å². The summed E-state index contributed by atoms with van der Waals surface area (Å²) in [4.78, 5) is 11.8. The molecule has 2 rings (SSSR count). The number of carbonyl (C=O) groups is 1. The fourth-order valence-corrected chi connectivity index (χ4v) is 1.92. The minimum atomic E-state index is -0.0236. The summed E-state index contributed by atoms with van der Waals surface area (Å²) < 4.78 is 0. The molecule has 98 valence electrons. The first-order chi connectivity index (χ1) is 9.20. The molecule has 0 saturated heterocycles. The Hall–Kier alpha value is -1.80. The third kappa shape index (κ3) is 3.58. The first-order valence-electron chi connectivity index (χ1n) is 6.35. The van der Waals surface area contributed by atoms with Gasteiger partial charge in [0.1, 0.15) is 0 Å². The van der Waals surface area contributed by atoms with E-state index in [-0.39, 0.29) is 5.91 Å². The molecule has 0 aliphatic rings. The standard InChI is InChI=1S/C16H16ClNO/c1-2-11-18-16(19)14-5-3-12(4-6-14)13-7-9-15(17)10-8-13/h3-10H,2,11H2,1H3,(H,18,19). The molecule has 19 heavy (non-hydrogen) atoms. The van der Waals surface area contributed by atoms with Gasteiger partial charge in [-0.3, -0.25) is 4.79 Å². The first kappa shape index (κ1) is 13.6. The number of benzene rings is 2. The molecule has 2 nitrogen and oxygen atoms in total. The van der Waals surface area contributed by atoms with Gasteiger partial charge in [-0.05, 0) is 41.8 Å². The van der Waals surface area contributed by atoms with Crippen molar-refractivity contribution in [1.82, 2.24) is 5.32 Å². The second-order valence-electron chi connectivity index (χ2n) is 4.34. The average Bonchev–Trinajstić information content (AvgIpc) is 2.46. The lowest BCUT2D eigenvalue weighted by Gasteiger charge is -2.05. The zero-order chi connectivity index (χ0) is 13.7. The van der Waals surface area contributed by atoms with Crippen molar-refractivity contribution in [1.29, 1.82) is 0 Å². The van der Waals surface area contributed by atoms with Crippen LogP contribution in [0.4, 0.5) is 0 Å². The highest BCUT2D eigenvalue weighted by atomic mass is 35.5. The number of rotatable bonds is 4. The quantitative estimate of drug-likeness (QED) is 0.891. The van der Waals surface area contributed by atoms with Gasteiger partial charge in [0.15, 0.2) is 0 Å². The molecule has 0 saturated carbocycles. The number of carbonyl (C=O) groups excluding carboxylic acids is 1. The van der Waals surface area contributed by atoms with E-state index in [1.54, 1.807) is 0 Å². The van der Waals surface area contributed by atoms with Gasteiger partial charge in [0.2, 0.25) is 0 Å². The van der Waals surface area contributed by atoms with Crippen LogP contribution in [0.3, 0.4) is 0 Å². The van der Waals surface area contributed by atoms with Gasteiger partial charge in [0, 0.05) is 17.1 Å². The Morgan fingerprint density at radius 3 is 2.05 bits per heavy atom. The first-order valence-corrected chi connectivity index (χ1v) is 6.72. The van der Waals surface area contributed by atoms with E-state index in [9.17, 15) is 4.79 Å². The predicted octanol–water partition coefficient (Wildman–Crippen LogP) is 4.15. The summed E-state index contributed by atoms with van der Waals surface area (Å²) in [5, 5.41) is 3.58. The average molecular weight is 274 g/mol. The maximum atomic E-state index is 11.8. The van der Waals surface area contributed by atoms with Gasteiger partial charge < -0.3 is 5.32 Å². The zero-order valence-corrected chi connectivity index (χ0v) is 11.6. The lowest BCUT2D eigenvalue weighted by atomic mass is 10.0. The van der Waals surface area contributed by atoms with Crippen LogP contribution in [0.15, 0.2) is 48.5 Å². The summed E-state index contributed by atoms with van der Waals surface area (Å²) in [6.45, 7) is 2.74. The van der Waals surface area contributed by atoms with Crippen molar-refractivity contribution in [3.05, 3.63) is 59.1 Å². The summed E-state index contributed by atoms with van der Waals surface area (Å²) in [6.07, 6.45) is 0.939. The van der Waals surface area contributed by atoms with Crippen molar-refractivity contribution < 1.29 is 4.79 Å². The van der Waals surface area contributed by atoms with Crippen LogP contribution in [-0.2, 0) is 0 Å². The van der Waals surface area contributed by atoms with Crippen LogP contribution in [0.5, 0.6) is 0 Å². The highest BCUT2D eigenvalue weighted by molar-refractivity contribution is 6.30. The normalized spacial score (nSPS) is 10.2. The van der Waals surface area contributed by atoms with Crippen molar-refractivity contribution in [2.45, 2.75) is 13.3 Å². The van der Waals surface area contributed by atoms with Gasteiger partial charge in [-0.15, -0.1) is 0 Å². The fraction of sp³-hybridized carbons (Fsp3) is 0.188. The highest BCUT2D eigenvalue weighted by Gasteiger charge is 2.04. The Morgan fingerprint density at radius 2 is 1.53 bits per heavy atom. The van der Waals surface area contributed by atoms with E-state index >= 15 is 0 Å². The van der Waals surface area contributed by atoms with Gasteiger partial charge in [0.25, 0.3) is 5.91 Å². The van der Waals surface area contributed by atoms with E-state index in [0.29, 0.717) is 12.1 Å². The van der Waals surface area contributed by atoms with E-state index in [4.69, 9.17) is 11.6 Å². The molecule has 1 amide bonds. The lowest BCUT2D eigenvalue weighted by molar-refractivity contribution is 0.0953. The molecule has 0 fully saturated rings. The fourth-order valence-electron chi connectivity index (χ4n) is 1.80. The molecule has 0 unspecified atom stereocenters. The Balaban J connectivity index is 2.14. The molecule has 1 N–H and O–H groups in total. The van der Waals surface area contributed by atoms with E-state index in [0.717, 1.165) is 22.6 Å². The zero-order valence-electron chi connectivity index (χ0n) is 10.8. The third-order valence-electron chi connectivity index (χ3n) is 2.86. The summed E-state index contributed by atoms with van der Waals surface area (Å²) in [6, 6.07) is 15.2. The summed E-state index contributed by atoms with van der Waals surface area (Å²) in [5.41, 5.74) is 2.85. The van der Waals surface area contributed by atoms with Crippen LogP contribution >= 0.6 is 11.6 Å². The monoisotopic (exact) mass is 273 g/mol. The van der Waals surface area contributed by atoms with Gasteiger partial charge in [0.05, 0.1) is 0 Å². The smallest absolute Gasteiger partial charge is 0.251 e. The molecule has 0 heterocycles. The van der Waals surface area contributed by atoms with E-state index in [1.807, 2.05) is 55.5 Å². The number of halogens is 1. The summed E-state index contributed by atoms with van der Waals surface area (Å²) in [5.74, 6) is -0.0236. The molecule has 0 aliphatic carbocycles. The lowest BCUT2D eigenvalue weighted by Crippen LogP contribution is -2.23. The van der Waals surface area contributed by atoms with Crippen molar-refractivity contribution in [3.8, 4) is 11.1 Å². The van der Waals surface area contributed by atoms with Gasteiger partial charge in [-0.25, -0.2) is 0 Å². The molecule has 0 aromatic heterocycles. The second kappa shape index (κ2) is 6.39. The van der Waals surface area contributed by atoms with Crippen LogP contribution < -0.4 is 5.32 Å². The van der Waals surface area contributed by atoms with Crippen molar-refractivity contribution >= 4 is 17.5 Å². The van der Waals surface area contributed by atoms with Gasteiger partial charge >= 0.3 is 0 Å². The predicted molar refractivity (Wildman–Crippen MR) is 79.5 cm³/mol. The van der Waals surface area contributed by atoms with Crippen LogP contribution in [0, 0.1) is 0 Å². The molecule has 2 aromatic rings. The van der Waals surface area contributed by atoms with Crippen LogP contribution in [0.1, 0.15) is 23.7 Å².